The number of aromatic nitrogens is 2. The Morgan fingerprint density at radius 1 is 1.53 bits per heavy atom. The Bertz CT molecular complexity index is 518. The van der Waals surface area contributed by atoms with Gasteiger partial charge < -0.3 is 9.88 Å². The van der Waals surface area contributed by atoms with Crippen LogP contribution in [-0.2, 0) is 0 Å². The largest absolute Gasteiger partial charge is 0.345 e. The second-order valence-corrected chi connectivity index (χ2v) is 4.27. The Balaban J connectivity index is 2.67. The molecule has 1 N–H and O–H groups in total. The number of aromatic amines is 1. The number of hydrogen-bond donors (Lipinski definition) is 1. The molecule has 0 saturated heterocycles. The van der Waals surface area contributed by atoms with Gasteiger partial charge in [-0.05, 0) is 22.0 Å². The maximum atomic E-state index is 11.8. The van der Waals surface area contributed by atoms with Crippen molar-refractivity contribution in [3.05, 3.63) is 28.5 Å². The van der Waals surface area contributed by atoms with E-state index in [4.69, 9.17) is 0 Å². The van der Waals surface area contributed by atoms with E-state index in [1.807, 2.05) is 6.07 Å². The van der Waals surface area contributed by atoms with Gasteiger partial charge in [0.1, 0.15) is 5.65 Å². The van der Waals surface area contributed by atoms with Gasteiger partial charge in [0.05, 0.1) is 5.56 Å². The number of nitrogens with zero attached hydrogens (tertiary/aromatic N) is 2. The van der Waals surface area contributed by atoms with Crippen LogP contribution < -0.4 is 0 Å². The molecule has 0 fully saturated rings. The Morgan fingerprint density at radius 3 is 2.93 bits per heavy atom. The molecule has 1 amide bonds. The highest BCUT2D eigenvalue weighted by Crippen LogP contribution is 2.25. The summed E-state index contributed by atoms with van der Waals surface area (Å²) in [5.74, 6) is -0.0325. The Kier molecular flexibility index (Phi) is 2.48. The second kappa shape index (κ2) is 3.66. The minimum absolute atomic E-state index is 0.0325. The maximum Gasteiger partial charge on any atom is 0.255 e. The van der Waals surface area contributed by atoms with Crippen LogP contribution in [0.15, 0.2) is 22.9 Å². The van der Waals surface area contributed by atoms with Crippen LogP contribution in [0.5, 0.6) is 0 Å². The van der Waals surface area contributed by atoms with Crippen LogP contribution in [0.2, 0.25) is 0 Å². The van der Waals surface area contributed by atoms with Crippen LogP contribution in [0, 0.1) is 0 Å². The average Bonchev–Trinajstić information content (AvgIpc) is 2.61. The van der Waals surface area contributed by atoms with Crippen LogP contribution in [0.4, 0.5) is 0 Å². The number of amides is 1. The van der Waals surface area contributed by atoms with Crippen molar-refractivity contribution in [3.63, 3.8) is 0 Å². The highest BCUT2D eigenvalue weighted by Gasteiger charge is 2.15. The fraction of sp³-hybridized carbons (Fsp3) is 0.200. The molecule has 0 aliphatic carbocycles. The first-order valence-corrected chi connectivity index (χ1v) is 5.24. The number of hydrogen-bond acceptors (Lipinski definition) is 2. The van der Waals surface area contributed by atoms with E-state index < -0.39 is 0 Å². The molecular formula is C10H10BrN3O. The Hall–Kier alpha value is -1.36. The average molecular weight is 268 g/mol. The summed E-state index contributed by atoms with van der Waals surface area (Å²) in [5, 5.41) is 0.830. The number of fused-ring (bicyclic) bond motifs is 1. The summed E-state index contributed by atoms with van der Waals surface area (Å²) in [6, 6.07) is 1.82. The van der Waals surface area contributed by atoms with Crippen molar-refractivity contribution >= 4 is 32.9 Å². The molecule has 0 spiro atoms. The third-order valence-electron chi connectivity index (χ3n) is 2.16. The molecule has 78 valence electrons. The number of carbonyl (C=O) groups is 1. The topological polar surface area (TPSA) is 49.0 Å². The Morgan fingerprint density at radius 2 is 2.27 bits per heavy atom. The van der Waals surface area contributed by atoms with Gasteiger partial charge in [-0.15, -0.1) is 0 Å². The van der Waals surface area contributed by atoms with Crippen LogP contribution in [0.1, 0.15) is 10.4 Å². The van der Waals surface area contributed by atoms with Crippen molar-refractivity contribution in [2.45, 2.75) is 0 Å². The lowest BCUT2D eigenvalue weighted by Crippen LogP contribution is -2.21. The monoisotopic (exact) mass is 267 g/mol. The lowest BCUT2D eigenvalue weighted by Gasteiger charge is -2.08. The first-order valence-electron chi connectivity index (χ1n) is 4.44. The molecule has 0 aliphatic rings. The van der Waals surface area contributed by atoms with Crippen molar-refractivity contribution in [2.24, 2.45) is 0 Å². The minimum atomic E-state index is -0.0325. The van der Waals surface area contributed by atoms with E-state index in [2.05, 4.69) is 25.9 Å². The molecule has 0 bridgehead atoms. The molecule has 0 atom stereocenters. The standard InChI is InChI=1S/C10H10BrN3O/c1-14(2)10(15)6-5-13-9-8(6)7(11)3-4-12-9/h3-5H,1-2H3,(H,12,13). The highest BCUT2D eigenvalue weighted by atomic mass is 79.9. The van der Waals surface area contributed by atoms with Crippen molar-refractivity contribution in [1.82, 2.24) is 14.9 Å². The van der Waals surface area contributed by atoms with Gasteiger partial charge in [-0.2, -0.15) is 0 Å². The summed E-state index contributed by atoms with van der Waals surface area (Å²) in [6.45, 7) is 0. The van der Waals surface area contributed by atoms with Gasteiger partial charge in [-0.3, -0.25) is 4.79 Å². The van der Waals surface area contributed by atoms with E-state index in [0.29, 0.717) is 5.56 Å². The molecule has 5 heteroatoms. The third-order valence-corrected chi connectivity index (χ3v) is 2.82. The Labute approximate surface area is 95.4 Å². The number of pyridine rings is 1. The molecule has 0 aliphatic heterocycles. The van der Waals surface area contributed by atoms with Gasteiger partial charge >= 0.3 is 0 Å². The van der Waals surface area contributed by atoms with Gasteiger partial charge in [-0.1, -0.05) is 0 Å². The fourth-order valence-corrected chi connectivity index (χ4v) is 1.95. The first-order chi connectivity index (χ1) is 7.11. The van der Waals surface area contributed by atoms with Gasteiger partial charge in [0.15, 0.2) is 0 Å². The van der Waals surface area contributed by atoms with Gasteiger partial charge in [0.25, 0.3) is 5.91 Å². The van der Waals surface area contributed by atoms with Crippen LogP contribution in [-0.4, -0.2) is 34.9 Å². The van der Waals surface area contributed by atoms with Crippen molar-refractivity contribution in [2.75, 3.05) is 14.1 Å². The molecule has 15 heavy (non-hydrogen) atoms. The lowest BCUT2D eigenvalue weighted by molar-refractivity contribution is 0.0829. The van der Waals surface area contributed by atoms with E-state index >= 15 is 0 Å². The molecule has 2 aromatic rings. The normalized spacial score (nSPS) is 10.6. The fourth-order valence-electron chi connectivity index (χ4n) is 1.43. The predicted octanol–water partition coefficient (Wildman–Crippen LogP) is 2.03. The second-order valence-electron chi connectivity index (χ2n) is 3.42. The number of carbonyl (C=O) groups excluding carboxylic acids is 1. The van der Waals surface area contributed by atoms with Gasteiger partial charge in [0.2, 0.25) is 0 Å². The number of nitrogens with one attached hydrogen (secondary N) is 1. The van der Waals surface area contributed by atoms with Gasteiger partial charge in [0, 0.05) is 36.3 Å². The number of rotatable bonds is 1. The molecule has 0 radical (unpaired) electrons. The van der Waals surface area contributed by atoms with Crippen molar-refractivity contribution in [1.29, 1.82) is 0 Å². The molecule has 2 rings (SSSR count). The summed E-state index contributed by atoms with van der Waals surface area (Å²) in [5.41, 5.74) is 1.35. The zero-order chi connectivity index (χ0) is 11.0. The molecular weight excluding hydrogens is 258 g/mol. The van der Waals surface area contributed by atoms with E-state index in [-0.39, 0.29) is 5.91 Å². The van der Waals surface area contributed by atoms with Crippen LogP contribution >= 0.6 is 15.9 Å². The summed E-state index contributed by atoms with van der Waals surface area (Å²) in [4.78, 5) is 20.5. The van der Waals surface area contributed by atoms with E-state index in [1.54, 1.807) is 31.4 Å². The SMILES string of the molecule is CN(C)C(=O)c1c[nH]c2nccc(Br)c12. The molecule has 0 saturated carbocycles. The molecule has 0 unspecified atom stereocenters. The number of H-pyrrole nitrogens is 1. The lowest BCUT2D eigenvalue weighted by atomic mass is 10.2. The minimum Gasteiger partial charge on any atom is -0.345 e. The van der Waals surface area contributed by atoms with Crippen molar-refractivity contribution in [3.8, 4) is 0 Å². The highest BCUT2D eigenvalue weighted by molar-refractivity contribution is 9.10. The van der Waals surface area contributed by atoms with Crippen LogP contribution in [0.25, 0.3) is 11.0 Å². The molecule has 0 aromatic carbocycles. The summed E-state index contributed by atoms with van der Waals surface area (Å²) >= 11 is 3.41. The maximum absolute atomic E-state index is 11.8. The van der Waals surface area contributed by atoms with Crippen LogP contribution in [0.3, 0.4) is 0 Å². The van der Waals surface area contributed by atoms with Crippen molar-refractivity contribution < 1.29 is 4.79 Å². The zero-order valence-electron chi connectivity index (χ0n) is 8.41. The van der Waals surface area contributed by atoms with Gasteiger partial charge in [-0.25, -0.2) is 4.98 Å². The third kappa shape index (κ3) is 1.63. The molecule has 2 aromatic heterocycles. The van der Waals surface area contributed by atoms with E-state index in [1.165, 1.54) is 0 Å². The summed E-state index contributed by atoms with van der Waals surface area (Å²) < 4.78 is 0.874. The quantitative estimate of drug-likeness (QED) is 0.860. The molecule has 2 heterocycles. The smallest absolute Gasteiger partial charge is 0.255 e. The zero-order valence-corrected chi connectivity index (χ0v) is 10.00. The number of halogens is 1. The van der Waals surface area contributed by atoms with E-state index in [0.717, 1.165) is 15.5 Å². The first kappa shape index (κ1) is 10.2. The summed E-state index contributed by atoms with van der Waals surface area (Å²) in [6.07, 6.45) is 3.37. The predicted molar refractivity (Wildman–Crippen MR) is 61.8 cm³/mol. The summed E-state index contributed by atoms with van der Waals surface area (Å²) in [7, 11) is 3.46. The van der Waals surface area contributed by atoms with E-state index in [9.17, 15) is 4.79 Å². The molecule has 4 nitrogen and oxygen atoms in total.